The van der Waals surface area contributed by atoms with Gasteiger partial charge in [-0.2, -0.15) is 0 Å². The number of allylic oxidation sites excluding steroid dienone is 4. The number of aryl methyl sites for hydroxylation is 1. The molecule has 2 fully saturated rings. The summed E-state index contributed by atoms with van der Waals surface area (Å²) in [5, 5.41) is 1.48. The Balaban J connectivity index is 1.33. The molecule has 37 heavy (non-hydrogen) atoms. The van der Waals surface area contributed by atoms with Gasteiger partial charge in [0.1, 0.15) is 0 Å². The normalized spacial score (nSPS) is 26.8. The van der Waals surface area contributed by atoms with Crippen LogP contribution in [0.15, 0.2) is 75.7 Å². The first-order valence-electron chi connectivity index (χ1n) is 14.4. The van der Waals surface area contributed by atoms with Crippen LogP contribution in [0.4, 0.5) is 5.69 Å². The van der Waals surface area contributed by atoms with Crippen LogP contribution in [0, 0.1) is 11.3 Å². The third-order valence-electron chi connectivity index (χ3n) is 10.6. The zero-order valence-corrected chi connectivity index (χ0v) is 23.4. The number of thiophene rings is 1. The van der Waals surface area contributed by atoms with E-state index in [-0.39, 0.29) is 5.41 Å². The maximum absolute atomic E-state index is 2.89. The molecule has 0 spiro atoms. The zero-order chi connectivity index (χ0) is 24.5. The SMILES string of the molecule is CC1(C)C2=CCCC3=C2N(c2cccc4c2B3C2=C(S4)c3c(sc4ccccc34)CC2)C2CCCCC21. The van der Waals surface area contributed by atoms with Gasteiger partial charge in [0.15, 0.2) is 0 Å². The van der Waals surface area contributed by atoms with E-state index in [1.807, 2.05) is 11.3 Å². The van der Waals surface area contributed by atoms with Gasteiger partial charge in [0, 0.05) is 47.8 Å². The summed E-state index contributed by atoms with van der Waals surface area (Å²) in [6.07, 6.45) is 13.0. The quantitative estimate of drug-likeness (QED) is 0.275. The molecule has 1 saturated carbocycles. The number of fused-ring (bicyclic) bond motifs is 9. The summed E-state index contributed by atoms with van der Waals surface area (Å²) in [7, 11) is 0. The maximum Gasteiger partial charge on any atom is 0.240 e. The Bertz CT molecular complexity index is 1620. The largest absolute Gasteiger partial charge is 0.339 e. The first kappa shape index (κ1) is 21.7. The van der Waals surface area contributed by atoms with E-state index in [4.69, 9.17) is 0 Å². The van der Waals surface area contributed by atoms with Crippen LogP contribution in [0.1, 0.15) is 69.2 Å². The number of piperidine rings is 1. The lowest BCUT2D eigenvalue weighted by Crippen LogP contribution is -2.60. The Morgan fingerprint density at radius 1 is 0.946 bits per heavy atom. The summed E-state index contributed by atoms with van der Waals surface area (Å²) in [5.41, 5.74) is 11.8. The highest BCUT2D eigenvalue weighted by Gasteiger charge is 2.54. The van der Waals surface area contributed by atoms with Crippen molar-refractivity contribution in [1.82, 2.24) is 0 Å². The molecule has 184 valence electrons. The number of hydrogen-bond acceptors (Lipinski definition) is 3. The summed E-state index contributed by atoms with van der Waals surface area (Å²) in [6.45, 7) is 5.62. The number of rotatable bonds is 0. The molecule has 1 nitrogen and oxygen atoms in total. The second-order valence-corrected chi connectivity index (χ2v) is 14.7. The minimum Gasteiger partial charge on any atom is -0.339 e. The molecule has 0 amide bonds. The fourth-order valence-corrected chi connectivity index (χ4v) is 11.7. The van der Waals surface area contributed by atoms with Crippen LogP contribution < -0.4 is 10.4 Å². The summed E-state index contributed by atoms with van der Waals surface area (Å²) in [4.78, 5) is 7.61. The summed E-state index contributed by atoms with van der Waals surface area (Å²) >= 11 is 4.13. The van der Waals surface area contributed by atoms with Gasteiger partial charge < -0.3 is 4.90 Å². The van der Waals surface area contributed by atoms with Crippen LogP contribution in [0.3, 0.4) is 0 Å². The molecule has 3 aliphatic carbocycles. The Hall–Kier alpha value is -2.17. The Kier molecular flexibility index (Phi) is 4.39. The molecule has 2 atom stereocenters. The monoisotopic (exact) mass is 517 g/mol. The minimum atomic E-state index is 0.266. The summed E-state index contributed by atoms with van der Waals surface area (Å²) < 4.78 is 1.46. The molecule has 3 aromatic rings. The Morgan fingerprint density at radius 2 is 1.84 bits per heavy atom. The van der Waals surface area contributed by atoms with Crippen LogP contribution >= 0.6 is 23.1 Å². The lowest BCUT2D eigenvalue weighted by atomic mass is 9.31. The molecule has 4 heterocycles. The van der Waals surface area contributed by atoms with Crippen molar-refractivity contribution in [2.75, 3.05) is 4.90 Å². The van der Waals surface area contributed by atoms with E-state index in [0.29, 0.717) is 12.8 Å². The van der Waals surface area contributed by atoms with Crippen molar-refractivity contribution >= 4 is 56.0 Å². The summed E-state index contributed by atoms with van der Waals surface area (Å²) in [6, 6.07) is 17.0. The van der Waals surface area contributed by atoms with E-state index in [2.05, 4.69) is 79.0 Å². The molecular weight excluding hydrogens is 485 g/mol. The number of thioether (sulfide) groups is 1. The molecule has 4 heteroatoms. The average molecular weight is 518 g/mol. The zero-order valence-electron chi connectivity index (χ0n) is 21.8. The van der Waals surface area contributed by atoms with Gasteiger partial charge in [-0.3, -0.25) is 0 Å². The van der Waals surface area contributed by atoms with Gasteiger partial charge in [0.2, 0.25) is 6.71 Å². The van der Waals surface area contributed by atoms with Crippen molar-refractivity contribution in [3.8, 4) is 0 Å². The van der Waals surface area contributed by atoms with Gasteiger partial charge in [-0.1, -0.05) is 79.7 Å². The molecule has 9 rings (SSSR count). The van der Waals surface area contributed by atoms with Crippen molar-refractivity contribution in [1.29, 1.82) is 0 Å². The first-order valence-corrected chi connectivity index (χ1v) is 16.0. The smallest absolute Gasteiger partial charge is 0.240 e. The lowest BCUT2D eigenvalue weighted by molar-refractivity contribution is 0.148. The average Bonchev–Trinajstić information content (AvgIpc) is 3.31. The van der Waals surface area contributed by atoms with Crippen LogP contribution in [-0.2, 0) is 6.42 Å². The molecule has 2 aromatic carbocycles. The van der Waals surface area contributed by atoms with Crippen LogP contribution in [0.5, 0.6) is 0 Å². The van der Waals surface area contributed by atoms with Crippen molar-refractivity contribution < 1.29 is 0 Å². The Morgan fingerprint density at radius 3 is 2.78 bits per heavy atom. The molecule has 0 bridgehead atoms. The van der Waals surface area contributed by atoms with Gasteiger partial charge in [-0.05, 0) is 79.1 Å². The van der Waals surface area contributed by atoms with Crippen molar-refractivity contribution in [2.24, 2.45) is 11.3 Å². The predicted octanol–water partition coefficient (Wildman–Crippen LogP) is 8.54. The van der Waals surface area contributed by atoms with E-state index >= 15 is 0 Å². The molecule has 2 unspecified atom stereocenters. The highest BCUT2D eigenvalue weighted by atomic mass is 32.2. The molecule has 0 N–H and O–H groups in total. The van der Waals surface area contributed by atoms with Crippen molar-refractivity contribution in [3.63, 3.8) is 0 Å². The van der Waals surface area contributed by atoms with Crippen LogP contribution in [-0.4, -0.2) is 12.8 Å². The number of nitrogens with zero attached hydrogens (tertiary/aromatic N) is 1. The number of hydrogen-bond donors (Lipinski definition) is 0. The highest BCUT2D eigenvalue weighted by Crippen LogP contribution is 2.60. The second-order valence-electron chi connectivity index (χ2n) is 12.6. The topological polar surface area (TPSA) is 3.24 Å². The van der Waals surface area contributed by atoms with E-state index < -0.39 is 0 Å². The molecule has 6 aliphatic rings. The molecule has 0 radical (unpaired) electrons. The van der Waals surface area contributed by atoms with Gasteiger partial charge in [-0.15, -0.1) is 11.3 Å². The maximum atomic E-state index is 2.89. The van der Waals surface area contributed by atoms with Gasteiger partial charge in [0.25, 0.3) is 0 Å². The van der Waals surface area contributed by atoms with E-state index in [1.54, 1.807) is 48.7 Å². The van der Waals surface area contributed by atoms with Gasteiger partial charge >= 0.3 is 0 Å². The molecular formula is C33H32BNS2. The van der Waals surface area contributed by atoms with Crippen molar-refractivity contribution in [2.45, 2.75) is 76.2 Å². The molecule has 3 aliphatic heterocycles. The van der Waals surface area contributed by atoms with Gasteiger partial charge in [0.05, 0.1) is 0 Å². The van der Waals surface area contributed by atoms with E-state index in [1.165, 1.54) is 66.3 Å². The van der Waals surface area contributed by atoms with Crippen LogP contribution in [0.25, 0.3) is 15.0 Å². The Labute approximate surface area is 228 Å². The minimum absolute atomic E-state index is 0.266. The lowest BCUT2D eigenvalue weighted by Gasteiger charge is -2.59. The standard InChI is InChI=1S/C33H32BNS2/c1-33(2)20-10-4-5-13-24(20)35-25-14-8-16-28-30(25)34(22-12-7-11-21(33)31(22)35)23-17-18-27-29(32(23)37-28)19-9-3-6-15-26(19)36-27/h3,6,8-9,11,14-16,20,24H,4-5,7,10,12-13,17-18H2,1-2H3. The van der Waals surface area contributed by atoms with Crippen molar-refractivity contribution in [3.05, 3.63) is 81.2 Å². The number of benzene rings is 2. The highest BCUT2D eigenvalue weighted by molar-refractivity contribution is 8.09. The summed E-state index contributed by atoms with van der Waals surface area (Å²) in [5.74, 6) is 0.753. The van der Waals surface area contributed by atoms with Crippen LogP contribution in [0.2, 0.25) is 0 Å². The fourth-order valence-electron chi connectivity index (χ4n) is 9.05. The van der Waals surface area contributed by atoms with E-state index in [0.717, 1.165) is 5.92 Å². The third kappa shape index (κ3) is 2.69. The molecule has 1 saturated heterocycles. The second kappa shape index (κ2) is 7.48. The predicted molar refractivity (Wildman–Crippen MR) is 161 cm³/mol. The van der Waals surface area contributed by atoms with E-state index in [9.17, 15) is 0 Å². The fraction of sp³-hybridized carbons (Fsp3) is 0.394. The first-order chi connectivity index (χ1) is 18.1. The molecule has 1 aromatic heterocycles. The number of anilines is 1. The third-order valence-corrected chi connectivity index (χ3v) is 13.0. The van der Waals surface area contributed by atoms with Gasteiger partial charge in [-0.25, -0.2) is 0 Å².